The van der Waals surface area contributed by atoms with E-state index in [0.717, 1.165) is 6.07 Å². The van der Waals surface area contributed by atoms with E-state index in [1.165, 1.54) is 18.2 Å². The summed E-state index contributed by atoms with van der Waals surface area (Å²) in [6, 6.07) is 4.83. The van der Waals surface area contributed by atoms with Crippen molar-refractivity contribution in [3.8, 4) is 22.8 Å². The van der Waals surface area contributed by atoms with Gasteiger partial charge in [0.2, 0.25) is 0 Å². The molecule has 1 aromatic heterocycles. The van der Waals surface area contributed by atoms with Gasteiger partial charge in [0.1, 0.15) is 5.76 Å². The van der Waals surface area contributed by atoms with Crippen molar-refractivity contribution >= 4 is 22.2 Å². The van der Waals surface area contributed by atoms with E-state index in [1.807, 2.05) is 0 Å². The molecule has 0 amide bonds. The highest BCUT2D eigenvalue weighted by atomic mass is 79.9. The van der Waals surface area contributed by atoms with Crippen LogP contribution in [0.3, 0.4) is 0 Å². The van der Waals surface area contributed by atoms with Gasteiger partial charge in [0, 0.05) is 4.47 Å². The van der Waals surface area contributed by atoms with Gasteiger partial charge in [-0.3, -0.25) is 4.79 Å². The fourth-order valence-corrected chi connectivity index (χ4v) is 2.76. The summed E-state index contributed by atoms with van der Waals surface area (Å²) in [5.41, 5.74) is -1.69. The number of furan rings is 1. The number of alkyl halides is 3. The second-order valence-corrected chi connectivity index (χ2v) is 6.37. The molecule has 0 aliphatic rings. The van der Waals surface area contributed by atoms with Crippen LogP contribution in [0.15, 0.2) is 45.3 Å². The molecule has 0 radical (unpaired) electrons. The zero-order chi connectivity index (χ0) is 20.6. The predicted octanol–water partition coefficient (Wildman–Crippen LogP) is 6.75. The lowest BCUT2D eigenvalue weighted by molar-refractivity contribution is -0.138. The molecular formula is C18H7BrF6O3. The first kappa shape index (κ1) is 20.0. The lowest BCUT2D eigenvalue weighted by Gasteiger charge is -2.14. The standard InChI is InChI=1S/C18H7BrF6O3/c19-9-5-11(15-2-1-10(7-26)27-15)16(14(22)6-9)28-17-12(20)3-8(4-13(17)21)18(23,24)25/h1-7H. The third kappa shape index (κ3) is 3.91. The smallest absolute Gasteiger partial charge is 0.416 e. The SMILES string of the molecule is O=Cc1ccc(-c2cc(Br)cc(F)c2Oc2c(F)cc(C(F)(F)F)cc2F)o1. The van der Waals surface area contributed by atoms with Crippen LogP contribution < -0.4 is 4.74 Å². The van der Waals surface area contributed by atoms with Crippen LogP contribution in [0.1, 0.15) is 16.1 Å². The first-order chi connectivity index (χ1) is 13.1. The van der Waals surface area contributed by atoms with E-state index in [2.05, 4.69) is 15.9 Å². The quantitative estimate of drug-likeness (QED) is 0.316. The highest BCUT2D eigenvalue weighted by Crippen LogP contribution is 2.41. The first-order valence-electron chi connectivity index (χ1n) is 7.38. The van der Waals surface area contributed by atoms with Crippen molar-refractivity contribution in [2.24, 2.45) is 0 Å². The Kier molecular flexibility index (Phi) is 5.24. The molecule has 10 heteroatoms. The van der Waals surface area contributed by atoms with Crippen LogP contribution >= 0.6 is 15.9 Å². The highest BCUT2D eigenvalue weighted by Gasteiger charge is 2.33. The molecule has 1 heterocycles. The fraction of sp³-hybridized carbons (Fsp3) is 0.0556. The van der Waals surface area contributed by atoms with Gasteiger partial charge in [-0.15, -0.1) is 0 Å². The maximum absolute atomic E-state index is 14.4. The van der Waals surface area contributed by atoms with Gasteiger partial charge in [0.15, 0.2) is 41.0 Å². The minimum Gasteiger partial charge on any atom is -0.453 e. The number of hydrogen-bond acceptors (Lipinski definition) is 3. The van der Waals surface area contributed by atoms with Crippen molar-refractivity contribution in [1.82, 2.24) is 0 Å². The van der Waals surface area contributed by atoms with E-state index in [-0.39, 0.29) is 33.7 Å². The number of benzene rings is 2. The summed E-state index contributed by atoms with van der Waals surface area (Å²) in [6.07, 6.45) is -4.60. The van der Waals surface area contributed by atoms with Gasteiger partial charge < -0.3 is 9.15 Å². The Morgan fingerprint density at radius 1 is 0.929 bits per heavy atom. The number of hydrogen-bond donors (Lipinski definition) is 0. The minimum absolute atomic E-state index is 0.0340. The summed E-state index contributed by atoms with van der Waals surface area (Å²) in [5, 5.41) is 0. The van der Waals surface area contributed by atoms with E-state index < -0.39 is 40.7 Å². The molecule has 3 rings (SSSR count). The molecule has 28 heavy (non-hydrogen) atoms. The van der Waals surface area contributed by atoms with Crippen molar-refractivity contribution in [1.29, 1.82) is 0 Å². The minimum atomic E-state index is -4.98. The van der Waals surface area contributed by atoms with Crippen molar-refractivity contribution < 1.29 is 40.3 Å². The number of rotatable bonds is 4. The van der Waals surface area contributed by atoms with Gasteiger partial charge in [-0.2, -0.15) is 13.2 Å². The van der Waals surface area contributed by atoms with Crippen LogP contribution in [0.5, 0.6) is 11.5 Å². The average molecular weight is 465 g/mol. The first-order valence-corrected chi connectivity index (χ1v) is 8.18. The zero-order valence-corrected chi connectivity index (χ0v) is 15.0. The summed E-state index contributed by atoms with van der Waals surface area (Å²) >= 11 is 3.03. The van der Waals surface area contributed by atoms with E-state index in [4.69, 9.17) is 9.15 Å². The molecule has 3 nitrogen and oxygen atoms in total. The Morgan fingerprint density at radius 3 is 2.07 bits per heavy atom. The number of carbonyl (C=O) groups excluding carboxylic acids is 1. The third-order valence-corrected chi connectivity index (χ3v) is 4.00. The molecule has 3 aromatic rings. The summed E-state index contributed by atoms with van der Waals surface area (Å²) in [5.74, 6) is -6.52. The Bertz CT molecular complexity index is 1030. The van der Waals surface area contributed by atoms with Gasteiger partial charge in [0.05, 0.1) is 11.1 Å². The van der Waals surface area contributed by atoms with Gasteiger partial charge >= 0.3 is 6.18 Å². The second-order valence-electron chi connectivity index (χ2n) is 5.45. The van der Waals surface area contributed by atoms with Gasteiger partial charge in [-0.1, -0.05) is 15.9 Å². The van der Waals surface area contributed by atoms with Crippen LogP contribution in [0.4, 0.5) is 26.3 Å². The maximum Gasteiger partial charge on any atom is 0.416 e. The van der Waals surface area contributed by atoms with Crippen LogP contribution in [-0.4, -0.2) is 6.29 Å². The molecule has 0 atom stereocenters. The van der Waals surface area contributed by atoms with Crippen LogP contribution in [0.2, 0.25) is 0 Å². The molecule has 146 valence electrons. The lowest BCUT2D eigenvalue weighted by atomic mass is 10.1. The monoisotopic (exact) mass is 464 g/mol. The molecule has 0 aliphatic carbocycles. The third-order valence-electron chi connectivity index (χ3n) is 3.55. The molecule has 0 unspecified atom stereocenters. The van der Waals surface area contributed by atoms with Crippen molar-refractivity contribution in [3.05, 3.63) is 69.6 Å². The summed E-state index contributed by atoms with van der Waals surface area (Å²) < 4.78 is 90.8. The van der Waals surface area contributed by atoms with Crippen molar-refractivity contribution in [2.75, 3.05) is 0 Å². The maximum atomic E-state index is 14.4. The number of ether oxygens (including phenoxy) is 1. The summed E-state index contributed by atoms with van der Waals surface area (Å²) in [7, 11) is 0. The zero-order valence-electron chi connectivity index (χ0n) is 13.4. The Morgan fingerprint density at radius 2 is 1.54 bits per heavy atom. The number of halogens is 7. The number of carbonyl (C=O) groups is 1. The second kappa shape index (κ2) is 7.34. The molecule has 0 saturated heterocycles. The molecule has 0 saturated carbocycles. The van der Waals surface area contributed by atoms with Gasteiger partial charge in [-0.05, 0) is 36.4 Å². The fourth-order valence-electron chi connectivity index (χ4n) is 2.33. The number of aldehydes is 1. The molecule has 0 aliphatic heterocycles. The van der Waals surface area contributed by atoms with Gasteiger partial charge in [0.25, 0.3) is 0 Å². The van der Waals surface area contributed by atoms with Crippen LogP contribution in [-0.2, 0) is 6.18 Å². The van der Waals surface area contributed by atoms with Crippen molar-refractivity contribution in [3.63, 3.8) is 0 Å². The molecule has 0 fully saturated rings. The summed E-state index contributed by atoms with van der Waals surface area (Å²) in [6.45, 7) is 0. The van der Waals surface area contributed by atoms with Gasteiger partial charge in [-0.25, -0.2) is 13.2 Å². The normalized spacial score (nSPS) is 11.5. The Labute approximate surface area is 161 Å². The molecule has 2 aromatic carbocycles. The Balaban J connectivity index is 2.12. The topological polar surface area (TPSA) is 39.4 Å². The van der Waals surface area contributed by atoms with Crippen LogP contribution in [0, 0.1) is 17.5 Å². The van der Waals surface area contributed by atoms with Crippen LogP contribution in [0.25, 0.3) is 11.3 Å². The molecule has 0 N–H and O–H groups in total. The van der Waals surface area contributed by atoms with E-state index in [0.29, 0.717) is 6.29 Å². The lowest BCUT2D eigenvalue weighted by Crippen LogP contribution is -2.07. The van der Waals surface area contributed by atoms with E-state index >= 15 is 0 Å². The van der Waals surface area contributed by atoms with E-state index in [1.54, 1.807) is 0 Å². The van der Waals surface area contributed by atoms with E-state index in [9.17, 15) is 31.1 Å². The molecular weight excluding hydrogens is 458 g/mol. The Hall–Kier alpha value is -2.75. The van der Waals surface area contributed by atoms with Crippen molar-refractivity contribution in [2.45, 2.75) is 6.18 Å². The molecule has 0 bridgehead atoms. The molecule has 0 spiro atoms. The summed E-state index contributed by atoms with van der Waals surface area (Å²) in [4.78, 5) is 10.8. The highest BCUT2D eigenvalue weighted by molar-refractivity contribution is 9.10. The predicted molar refractivity (Wildman–Crippen MR) is 88.6 cm³/mol. The average Bonchev–Trinajstić information content (AvgIpc) is 3.07. The largest absolute Gasteiger partial charge is 0.453 e.